The largest absolute Gasteiger partial charge is 0.504 e. The molecule has 1 aromatic rings. The first-order chi connectivity index (χ1) is 12.8. The van der Waals surface area contributed by atoms with Crippen molar-refractivity contribution in [2.24, 2.45) is 0 Å². The first-order valence-corrected chi connectivity index (χ1v) is 10.1. The van der Waals surface area contributed by atoms with Gasteiger partial charge in [-0.1, -0.05) is 22.0 Å². The van der Waals surface area contributed by atoms with Crippen molar-refractivity contribution in [1.29, 1.82) is 0 Å². The van der Waals surface area contributed by atoms with Crippen molar-refractivity contribution in [3.05, 3.63) is 23.3 Å². The second-order valence-electron chi connectivity index (χ2n) is 7.55. The Bertz CT molecular complexity index is 829. The first kappa shape index (κ1) is 18.6. The molecule has 8 heteroatoms. The third-order valence-electron chi connectivity index (χ3n) is 6.52. The zero-order valence-electron chi connectivity index (χ0n) is 14.9. The van der Waals surface area contributed by atoms with Gasteiger partial charge < -0.3 is 25.0 Å². The van der Waals surface area contributed by atoms with Gasteiger partial charge in [0.1, 0.15) is 5.78 Å². The molecular formula is C19H22BrNO6. The maximum absolute atomic E-state index is 12.6. The highest BCUT2D eigenvalue weighted by molar-refractivity contribution is 9.10. The number of phenolic OH excluding ortho intramolecular Hbond substituents is 2. The van der Waals surface area contributed by atoms with Crippen LogP contribution in [-0.2, 0) is 21.4 Å². The lowest BCUT2D eigenvalue weighted by Gasteiger charge is -2.64. The molecule has 1 saturated carbocycles. The van der Waals surface area contributed by atoms with E-state index in [1.54, 1.807) is 17.9 Å². The number of alkyl halides is 1. The van der Waals surface area contributed by atoms with E-state index in [0.717, 1.165) is 0 Å². The summed E-state index contributed by atoms with van der Waals surface area (Å²) in [6, 6.07) is 2.51. The number of ketones is 1. The molecule has 3 aliphatic rings. The minimum atomic E-state index is -1.42. The highest BCUT2D eigenvalue weighted by Gasteiger charge is 2.69. The average molecular weight is 440 g/mol. The number of phenols is 2. The monoisotopic (exact) mass is 439 g/mol. The molecule has 0 radical (unpaired) electrons. The summed E-state index contributed by atoms with van der Waals surface area (Å²) in [5.41, 5.74) is -1.40. The third kappa shape index (κ3) is 2.23. The number of ether oxygens (including phenoxy) is 1. The summed E-state index contributed by atoms with van der Waals surface area (Å²) in [6.45, 7) is 2.25. The zero-order valence-corrected chi connectivity index (χ0v) is 16.5. The molecule has 4 rings (SSSR count). The van der Waals surface area contributed by atoms with Gasteiger partial charge in [0.15, 0.2) is 11.5 Å². The molecule has 1 saturated heterocycles. The number of hydrogen-bond acceptors (Lipinski definition) is 6. The average Bonchev–Trinajstić information content (AvgIpc) is 2.62. The smallest absolute Gasteiger partial charge is 0.410 e. The van der Waals surface area contributed by atoms with Crippen LogP contribution < -0.4 is 0 Å². The number of benzene rings is 1. The first-order valence-electron chi connectivity index (χ1n) is 9.14. The van der Waals surface area contributed by atoms with E-state index in [0.29, 0.717) is 17.5 Å². The van der Waals surface area contributed by atoms with E-state index in [1.807, 2.05) is 0 Å². The van der Waals surface area contributed by atoms with Crippen molar-refractivity contribution >= 4 is 27.8 Å². The van der Waals surface area contributed by atoms with Crippen LogP contribution in [0.3, 0.4) is 0 Å². The molecule has 146 valence electrons. The maximum Gasteiger partial charge on any atom is 0.410 e. The highest BCUT2D eigenvalue weighted by atomic mass is 79.9. The summed E-state index contributed by atoms with van der Waals surface area (Å²) in [4.78, 5) is 25.9. The van der Waals surface area contributed by atoms with Crippen LogP contribution in [0.15, 0.2) is 12.1 Å². The quantitative estimate of drug-likeness (QED) is 0.456. The lowest BCUT2D eigenvalue weighted by atomic mass is 9.49. The third-order valence-corrected chi connectivity index (χ3v) is 7.81. The number of likely N-dealkylation sites (tertiary alicyclic amines) is 1. The lowest BCUT2D eigenvalue weighted by Crippen LogP contribution is -2.77. The summed E-state index contributed by atoms with van der Waals surface area (Å²) in [6.07, 6.45) is 0.455. The molecule has 27 heavy (non-hydrogen) atoms. The fraction of sp³-hybridized carbons (Fsp3) is 0.579. The summed E-state index contributed by atoms with van der Waals surface area (Å²) < 4.78 is 5.18. The number of rotatable bonds is 1. The molecule has 2 bridgehead atoms. The van der Waals surface area contributed by atoms with Crippen LogP contribution in [0.1, 0.15) is 37.3 Å². The zero-order chi connectivity index (χ0) is 19.6. The SMILES string of the molecule is CCOC(=O)N1CCC23c4c(ccc(O)c4O)CC1C2(O)CCC(=O)C3Br. The van der Waals surface area contributed by atoms with Gasteiger partial charge in [-0.3, -0.25) is 4.79 Å². The van der Waals surface area contributed by atoms with Crippen molar-refractivity contribution in [2.75, 3.05) is 13.2 Å². The van der Waals surface area contributed by atoms with Gasteiger partial charge in [-0.2, -0.15) is 0 Å². The number of carbonyl (C=O) groups is 2. The molecule has 1 heterocycles. The molecule has 1 aromatic carbocycles. The molecule has 0 aromatic heterocycles. The molecule has 2 aliphatic carbocycles. The van der Waals surface area contributed by atoms with E-state index in [4.69, 9.17) is 4.74 Å². The van der Waals surface area contributed by atoms with Gasteiger partial charge in [0, 0.05) is 18.5 Å². The van der Waals surface area contributed by atoms with Crippen molar-refractivity contribution in [3.8, 4) is 11.5 Å². The van der Waals surface area contributed by atoms with Crippen LogP contribution in [-0.4, -0.2) is 61.7 Å². The van der Waals surface area contributed by atoms with Gasteiger partial charge in [-0.25, -0.2) is 4.79 Å². The van der Waals surface area contributed by atoms with E-state index in [2.05, 4.69) is 15.9 Å². The van der Waals surface area contributed by atoms with Crippen LogP contribution in [0.4, 0.5) is 4.79 Å². The van der Waals surface area contributed by atoms with E-state index in [9.17, 15) is 24.9 Å². The molecule has 0 spiro atoms. The summed E-state index contributed by atoms with van der Waals surface area (Å²) in [5, 5.41) is 32.6. The number of amides is 1. The van der Waals surface area contributed by atoms with Crippen LogP contribution in [0.25, 0.3) is 0 Å². The molecular weight excluding hydrogens is 418 g/mol. The van der Waals surface area contributed by atoms with Crippen LogP contribution in [0.2, 0.25) is 0 Å². The summed E-state index contributed by atoms with van der Waals surface area (Å²) in [7, 11) is 0. The summed E-state index contributed by atoms with van der Waals surface area (Å²) in [5.74, 6) is -0.638. The molecule has 4 unspecified atom stereocenters. The van der Waals surface area contributed by atoms with Crippen LogP contribution in [0.5, 0.6) is 11.5 Å². The molecule has 1 amide bonds. The van der Waals surface area contributed by atoms with Gasteiger partial charge in [0.2, 0.25) is 0 Å². The molecule has 2 fully saturated rings. The van der Waals surface area contributed by atoms with Crippen LogP contribution in [0, 0.1) is 0 Å². The second-order valence-corrected chi connectivity index (χ2v) is 8.47. The molecule has 4 atom stereocenters. The van der Waals surface area contributed by atoms with Crippen molar-refractivity contribution in [3.63, 3.8) is 0 Å². The van der Waals surface area contributed by atoms with E-state index in [1.165, 1.54) is 6.07 Å². The predicted octanol–water partition coefficient (Wildman–Crippen LogP) is 1.98. The Morgan fingerprint density at radius 2 is 2.11 bits per heavy atom. The number of carbonyl (C=O) groups excluding carboxylic acids is 2. The number of nitrogens with zero attached hydrogens (tertiary/aromatic N) is 1. The molecule has 3 N–H and O–H groups in total. The minimum absolute atomic E-state index is 0.0568. The van der Waals surface area contributed by atoms with Gasteiger partial charge >= 0.3 is 6.09 Å². The van der Waals surface area contributed by atoms with Crippen LogP contribution >= 0.6 is 15.9 Å². The highest BCUT2D eigenvalue weighted by Crippen LogP contribution is 2.61. The Morgan fingerprint density at radius 1 is 1.37 bits per heavy atom. The van der Waals surface area contributed by atoms with Gasteiger partial charge in [-0.05, 0) is 37.8 Å². The molecule has 1 aliphatic heterocycles. The summed E-state index contributed by atoms with van der Waals surface area (Å²) >= 11 is 3.49. The Morgan fingerprint density at radius 3 is 2.81 bits per heavy atom. The van der Waals surface area contributed by atoms with Crippen molar-refractivity contribution in [2.45, 2.75) is 54.5 Å². The normalized spacial score (nSPS) is 34.6. The standard InChI is InChI=1S/C19H22BrNO6/c1-2-27-17(25)21-8-7-18-14-10(3-4-11(22)15(14)24)9-13(21)19(18,26)6-5-12(23)16(18)20/h3-4,13,16,22,24,26H,2,5-9H2,1H3. The molecule has 7 nitrogen and oxygen atoms in total. The van der Waals surface area contributed by atoms with E-state index in [-0.39, 0.29) is 49.7 Å². The Kier molecular flexibility index (Phi) is 4.19. The number of halogens is 1. The van der Waals surface area contributed by atoms with Crippen molar-refractivity contribution < 1.29 is 29.6 Å². The Hall–Kier alpha value is -1.80. The second kappa shape index (κ2) is 6.10. The van der Waals surface area contributed by atoms with Gasteiger partial charge in [0.05, 0.1) is 28.5 Å². The fourth-order valence-corrected chi connectivity index (χ4v) is 6.43. The number of fused-ring (bicyclic) bond motifs is 1. The maximum atomic E-state index is 12.6. The number of piperidine rings is 1. The van der Waals surface area contributed by atoms with E-state index >= 15 is 0 Å². The number of aliphatic hydroxyl groups is 1. The predicted molar refractivity (Wildman–Crippen MR) is 99.2 cm³/mol. The fourth-order valence-electron chi connectivity index (χ4n) is 5.35. The minimum Gasteiger partial charge on any atom is -0.504 e. The number of hydrogen-bond donors (Lipinski definition) is 3. The number of Topliss-reactive ketones (excluding diaryl/α,β-unsaturated/α-hetero) is 1. The Balaban J connectivity index is 1.95. The van der Waals surface area contributed by atoms with Gasteiger partial charge in [-0.15, -0.1) is 0 Å². The lowest BCUT2D eigenvalue weighted by molar-refractivity contribution is -0.164. The van der Waals surface area contributed by atoms with Crippen molar-refractivity contribution in [1.82, 2.24) is 4.90 Å². The Labute approximate surface area is 165 Å². The number of aromatic hydroxyl groups is 2. The van der Waals surface area contributed by atoms with E-state index < -0.39 is 28.0 Å². The topological polar surface area (TPSA) is 107 Å². The van der Waals surface area contributed by atoms with Gasteiger partial charge in [0.25, 0.3) is 0 Å².